The van der Waals surface area contributed by atoms with Gasteiger partial charge in [-0.25, -0.2) is 4.79 Å². The lowest BCUT2D eigenvalue weighted by molar-refractivity contribution is -0.153. The molecule has 0 saturated heterocycles. The molecule has 1 aromatic carbocycles. The molecule has 5 nitrogen and oxygen atoms in total. The molecule has 0 aliphatic heterocycles. The second-order valence-corrected chi connectivity index (χ2v) is 3.67. The van der Waals surface area contributed by atoms with Gasteiger partial charge < -0.3 is 19.3 Å². The fraction of sp³-hybridized carbons (Fsp3) is 0.462. The Morgan fingerprint density at radius 2 is 1.95 bits per heavy atom. The van der Waals surface area contributed by atoms with Crippen molar-refractivity contribution in [3.05, 3.63) is 23.8 Å². The number of hydrogen-bond donors (Lipinski definition) is 1. The predicted molar refractivity (Wildman–Crippen MR) is 65.8 cm³/mol. The molecule has 1 unspecified atom stereocenters. The largest absolute Gasteiger partial charge is 0.490 e. The van der Waals surface area contributed by atoms with E-state index in [1.54, 1.807) is 13.8 Å². The molecule has 7 heteroatoms. The molecule has 0 aliphatic rings. The van der Waals surface area contributed by atoms with E-state index in [0.29, 0.717) is 0 Å². The Hall–Kier alpha value is -1.89. The summed E-state index contributed by atoms with van der Waals surface area (Å²) in [6, 6.07) is 3.76. The topological polar surface area (TPSA) is 65.0 Å². The number of esters is 1. The molecule has 0 saturated carbocycles. The van der Waals surface area contributed by atoms with E-state index in [1.165, 1.54) is 18.2 Å². The SMILES string of the molecule is CCOC(=O)C(O)c1ccc(OC(F)F)c(OCC)c1. The van der Waals surface area contributed by atoms with Crippen molar-refractivity contribution in [2.75, 3.05) is 13.2 Å². The Morgan fingerprint density at radius 1 is 1.25 bits per heavy atom. The van der Waals surface area contributed by atoms with Crippen LogP contribution in [0.25, 0.3) is 0 Å². The van der Waals surface area contributed by atoms with Gasteiger partial charge in [0.05, 0.1) is 13.2 Å². The lowest BCUT2D eigenvalue weighted by atomic mass is 10.1. The number of aliphatic hydroxyl groups excluding tert-OH is 1. The molecular formula is C13H16F2O5. The smallest absolute Gasteiger partial charge is 0.387 e. The first kappa shape index (κ1) is 16.2. The Balaban J connectivity index is 2.99. The van der Waals surface area contributed by atoms with Crippen LogP contribution in [0.5, 0.6) is 11.5 Å². The Morgan fingerprint density at radius 3 is 2.50 bits per heavy atom. The molecule has 1 rings (SSSR count). The van der Waals surface area contributed by atoms with E-state index >= 15 is 0 Å². The predicted octanol–water partition coefficient (Wildman–Crippen LogP) is 2.28. The van der Waals surface area contributed by atoms with Crippen molar-refractivity contribution >= 4 is 5.97 Å². The third kappa shape index (κ3) is 4.34. The molecule has 1 atom stereocenters. The average molecular weight is 290 g/mol. The van der Waals surface area contributed by atoms with Gasteiger partial charge in [-0.1, -0.05) is 6.07 Å². The number of hydrogen-bond acceptors (Lipinski definition) is 5. The highest BCUT2D eigenvalue weighted by Crippen LogP contribution is 2.32. The molecule has 0 aliphatic carbocycles. The first-order valence-electron chi connectivity index (χ1n) is 6.05. The first-order valence-corrected chi connectivity index (χ1v) is 6.05. The normalized spacial score (nSPS) is 12.1. The molecule has 0 heterocycles. The van der Waals surface area contributed by atoms with Crippen molar-refractivity contribution < 1.29 is 32.9 Å². The summed E-state index contributed by atoms with van der Waals surface area (Å²) >= 11 is 0. The van der Waals surface area contributed by atoms with Crippen LogP contribution in [0.15, 0.2) is 18.2 Å². The quantitative estimate of drug-likeness (QED) is 0.780. The molecular weight excluding hydrogens is 274 g/mol. The van der Waals surface area contributed by atoms with Crippen molar-refractivity contribution in [3.8, 4) is 11.5 Å². The van der Waals surface area contributed by atoms with E-state index in [-0.39, 0.29) is 30.3 Å². The van der Waals surface area contributed by atoms with Crippen molar-refractivity contribution in [2.45, 2.75) is 26.6 Å². The van der Waals surface area contributed by atoms with Gasteiger partial charge in [-0.15, -0.1) is 0 Å². The Kier molecular flexibility index (Phi) is 6.17. The third-order valence-corrected chi connectivity index (χ3v) is 2.31. The summed E-state index contributed by atoms with van der Waals surface area (Å²) in [6.45, 7) is 0.630. The lowest BCUT2D eigenvalue weighted by Crippen LogP contribution is -2.15. The van der Waals surface area contributed by atoms with Crippen molar-refractivity contribution in [3.63, 3.8) is 0 Å². The zero-order chi connectivity index (χ0) is 15.1. The highest BCUT2D eigenvalue weighted by molar-refractivity contribution is 5.76. The summed E-state index contributed by atoms with van der Waals surface area (Å²) in [6.07, 6.45) is -1.50. The number of halogens is 2. The van der Waals surface area contributed by atoms with Crippen LogP contribution in [0.2, 0.25) is 0 Å². The molecule has 0 amide bonds. The minimum atomic E-state index is -2.99. The fourth-order valence-electron chi connectivity index (χ4n) is 1.51. The molecule has 0 radical (unpaired) electrons. The Labute approximate surface area is 115 Å². The molecule has 20 heavy (non-hydrogen) atoms. The summed E-state index contributed by atoms with van der Waals surface area (Å²) in [5.41, 5.74) is 0.175. The van der Waals surface area contributed by atoms with Crippen molar-refractivity contribution in [1.82, 2.24) is 0 Å². The van der Waals surface area contributed by atoms with Gasteiger partial charge in [-0.05, 0) is 31.5 Å². The average Bonchev–Trinajstić information content (AvgIpc) is 2.40. The lowest BCUT2D eigenvalue weighted by Gasteiger charge is -2.15. The monoisotopic (exact) mass is 290 g/mol. The standard InChI is InChI=1S/C13H16F2O5/c1-3-18-10-7-8(11(16)12(17)19-4-2)5-6-9(10)20-13(14)15/h5-7,11,13,16H,3-4H2,1-2H3. The van der Waals surface area contributed by atoms with Crippen LogP contribution in [0.3, 0.4) is 0 Å². The molecule has 112 valence electrons. The van der Waals surface area contributed by atoms with Crippen LogP contribution in [-0.2, 0) is 9.53 Å². The number of benzene rings is 1. The summed E-state index contributed by atoms with van der Waals surface area (Å²) in [7, 11) is 0. The van der Waals surface area contributed by atoms with Gasteiger partial charge >= 0.3 is 12.6 Å². The summed E-state index contributed by atoms with van der Waals surface area (Å²) in [5, 5.41) is 9.77. The van der Waals surface area contributed by atoms with Crippen LogP contribution < -0.4 is 9.47 Å². The maximum atomic E-state index is 12.2. The number of carbonyl (C=O) groups excluding carboxylic acids is 1. The summed E-state index contributed by atoms with van der Waals surface area (Å²) in [4.78, 5) is 11.4. The highest BCUT2D eigenvalue weighted by Gasteiger charge is 2.21. The number of alkyl halides is 2. The van der Waals surface area contributed by atoms with E-state index in [2.05, 4.69) is 9.47 Å². The summed E-state index contributed by atoms with van der Waals surface area (Å²) in [5.74, 6) is -0.965. The van der Waals surface area contributed by atoms with E-state index in [9.17, 15) is 18.7 Å². The number of carbonyl (C=O) groups is 1. The van der Waals surface area contributed by atoms with Crippen LogP contribution in [0.1, 0.15) is 25.5 Å². The molecule has 0 spiro atoms. The van der Waals surface area contributed by atoms with Gasteiger partial charge in [0, 0.05) is 0 Å². The summed E-state index contributed by atoms with van der Waals surface area (Å²) < 4.78 is 38.6. The van der Waals surface area contributed by atoms with Crippen LogP contribution >= 0.6 is 0 Å². The zero-order valence-corrected chi connectivity index (χ0v) is 11.1. The molecule has 0 aromatic heterocycles. The fourth-order valence-corrected chi connectivity index (χ4v) is 1.51. The van der Waals surface area contributed by atoms with Crippen LogP contribution in [0, 0.1) is 0 Å². The molecule has 0 fully saturated rings. The van der Waals surface area contributed by atoms with Gasteiger partial charge in [0.15, 0.2) is 17.6 Å². The second-order valence-electron chi connectivity index (χ2n) is 3.67. The van der Waals surface area contributed by atoms with E-state index < -0.39 is 18.7 Å². The zero-order valence-electron chi connectivity index (χ0n) is 11.1. The van der Waals surface area contributed by atoms with Gasteiger partial charge in [-0.3, -0.25) is 0 Å². The van der Waals surface area contributed by atoms with Gasteiger partial charge in [0.25, 0.3) is 0 Å². The maximum absolute atomic E-state index is 12.2. The van der Waals surface area contributed by atoms with E-state index in [0.717, 1.165) is 0 Å². The van der Waals surface area contributed by atoms with Crippen molar-refractivity contribution in [2.24, 2.45) is 0 Å². The number of rotatable bonds is 7. The van der Waals surface area contributed by atoms with Gasteiger partial charge in [-0.2, -0.15) is 8.78 Å². The van der Waals surface area contributed by atoms with Gasteiger partial charge in [0.2, 0.25) is 0 Å². The first-order chi connectivity index (χ1) is 9.49. The van der Waals surface area contributed by atoms with E-state index in [4.69, 9.17) is 4.74 Å². The van der Waals surface area contributed by atoms with Crippen molar-refractivity contribution in [1.29, 1.82) is 0 Å². The minimum absolute atomic E-state index is 0.0219. The minimum Gasteiger partial charge on any atom is -0.490 e. The van der Waals surface area contributed by atoms with E-state index in [1.807, 2.05) is 0 Å². The Bertz CT molecular complexity index is 450. The second kappa shape index (κ2) is 7.64. The molecule has 1 aromatic rings. The number of ether oxygens (including phenoxy) is 3. The maximum Gasteiger partial charge on any atom is 0.387 e. The van der Waals surface area contributed by atoms with Gasteiger partial charge in [0.1, 0.15) is 0 Å². The number of aliphatic hydroxyl groups is 1. The molecule has 1 N–H and O–H groups in total. The highest BCUT2D eigenvalue weighted by atomic mass is 19.3. The third-order valence-electron chi connectivity index (χ3n) is 2.31. The van der Waals surface area contributed by atoms with Crippen LogP contribution in [-0.4, -0.2) is 30.9 Å². The molecule has 0 bridgehead atoms. The van der Waals surface area contributed by atoms with Crippen LogP contribution in [0.4, 0.5) is 8.78 Å².